The molecule has 1 rings (SSSR count). The number of methoxy groups -OCH3 is 1. The number of hydrogen-bond donors (Lipinski definition) is 1. The number of hydrazine groups is 1. The topological polar surface area (TPSA) is 24.5 Å². The first-order valence-corrected chi connectivity index (χ1v) is 4.71. The molecule has 0 radical (unpaired) electrons. The number of nitrogens with one attached hydrogen (secondary N) is 1. The van der Waals surface area contributed by atoms with Crippen LogP contribution in [0.5, 0.6) is 5.75 Å². The van der Waals surface area contributed by atoms with Crippen LogP contribution >= 0.6 is 0 Å². The molecule has 0 aliphatic heterocycles. The fraction of sp³-hybridized carbons (Fsp3) is 0.455. The van der Waals surface area contributed by atoms with Crippen LogP contribution in [0.15, 0.2) is 24.3 Å². The molecule has 3 heteroatoms. The van der Waals surface area contributed by atoms with Crippen molar-refractivity contribution in [3.8, 4) is 5.75 Å². The van der Waals surface area contributed by atoms with E-state index in [-0.39, 0.29) is 6.04 Å². The predicted octanol–water partition coefficient (Wildman–Crippen LogP) is 1.82. The van der Waals surface area contributed by atoms with Crippen molar-refractivity contribution in [1.82, 2.24) is 10.4 Å². The third-order valence-corrected chi connectivity index (χ3v) is 2.06. The zero-order valence-electron chi connectivity index (χ0n) is 9.24. The van der Waals surface area contributed by atoms with Gasteiger partial charge in [-0.2, -0.15) is 0 Å². The number of para-hydroxylation sites is 1. The Labute approximate surface area is 85.6 Å². The highest BCUT2D eigenvalue weighted by atomic mass is 16.5. The van der Waals surface area contributed by atoms with E-state index in [0.717, 1.165) is 5.75 Å². The van der Waals surface area contributed by atoms with Gasteiger partial charge < -0.3 is 4.74 Å². The van der Waals surface area contributed by atoms with E-state index >= 15 is 0 Å². The van der Waals surface area contributed by atoms with Crippen molar-refractivity contribution in [2.75, 3.05) is 21.2 Å². The van der Waals surface area contributed by atoms with Crippen LogP contribution in [0, 0.1) is 0 Å². The summed E-state index contributed by atoms with van der Waals surface area (Å²) in [6.07, 6.45) is 0. The summed E-state index contributed by atoms with van der Waals surface area (Å²) in [6, 6.07) is 8.29. The van der Waals surface area contributed by atoms with Crippen molar-refractivity contribution in [3.63, 3.8) is 0 Å². The highest BCUT2D eigenvalue weighted by Gasteiger charge is 2.10. The highest BCUT2D eigenvalue weighted by Crippen LogP contribution is 2.23. The lowest BCUT2D eigenvalue weighted by molar-refractivity contribution is 0.249. The minimum atomic E-state index is 0.251. The van der Waals surface area contributed by atoms with Crippen molar-refractivity contribution in [2.45, 2.75) is 13.0 Å². The number of hydrogen-bond acceptors (Lipinski definition) is 3. The second-order valence-electron chi connectivity index (χ2n) is 3.49. The molecule has 0 bridgehead atoms. The summed E-state index contributed by atoms with van der Waals surface area (Å²) in [4.78, 5) is 0. The fourth-order valence-corrected chi connectivity index (χ4v) is 1.48. The number of rotatable bonds is 4. The van der Waals surface area contributed by atoms with Crippen molar-refractivity contribution in [2.24, 2.45) is 0 Å². The Kier molecular flexibility index (Phi) is 3.92. The molecule has 0 fully saturated rings. The van der Waals surface area contributed by atoms with Gasteiger partial charge in [-0.05, 0) is 13.0 Å². The lowest BCUT2D eigenvalue weighted by Crippen LogP contribution is -2.32. The monoisotopic (exact) mass is 194 g/mol. The molecule has 0 amide bonds. The Bertz CT molecular complexity index is 286. The fourth-order valence-electron chi connectivity index (χ4n) is 1.48. The van der Waals surface area contributed by atoms with E-state index in [1.165, 1.54) is 5.56 Å². The molecule has 0 spiro atoms. The summed E-state index contributed by atoms with van der Waals surface area (Å²) in [6.45, 7) is 2.11. The first-order valence-electron chi connectivity index (χ1n) is 4.71. The van der Waals surface area contributed by atoms with Crippen molar-refractivity contribution >= 4 is 0 Å². The van der Waals surface area contributed by atoms with E-state index in [4.69, 9.17) is 4.74 Å². The molecule has 0 saturated heterocycles. The number of ether oxygens (including phenoxy) is 1. The molecule has 0 saturated carbocycles. The second-order valence-corrected chi connectivity index (χ2v) is 3.49. The molecule has 0 aliphatic carbocycles. The molecule has 1 aromatic carbocycles. The summed E-state index contributed by atoms with van der Waals surface area (Å²) < 4.78 is 5.29. The van der Waals surface area contributed by atoms with Gasteiger partial charge >= 0.3 is 0 Å². The maximum absolute atomic E-state index is 5.29. The summed E-state index contributed by atoms with van der Waals surface area (Å²) in [5.41, 5.74) is 4.46. The minimum Gasteiger partial charge on any atom is -0.496 e. The maximum atomic E-state index is 5.29. The third-order valence-electron chi connectivity index (χ3n) is 2.06. The van der Waals surface area contributed by atoms with Gasteiger partial charge in [0.25, 0.3) is 0 Å². The van der Waals surface area contributed by atoms with Crippen LogP contribution < -0.4 is 10.2 Å². The first-order chi connectivity index (χ1) is 6.65. The Morgan fingerprint density at radius 1 is 1.29 bits per heavy atom. The molecule has 0 aliphatic rings. The van der Waals surface area contributed by atoms with E-state index in [9.17, 15) is 0 Å². The van der Waals surface area contributed by atoms with E-state index in [2.05, 4.69) is 18.4 Å². The summed E-state index contributed by atoms with van der Waals surface area (Å²) in [7, 11) is 5.65. The normalized spacial score (nSPS) is 12.9. The summed E-state index contributed by atoms with van der Waals surface area (Å²) in [5.74, 6) is 0.925. The quantitative estimate of drug-likeness (QED) is 0.740. The van der Waals surface area contributed by atoms with Crippen LogP contribution in [0.2, 0.25) is 0 Å². The molecule has 14 heavy (non-hydrogen) atoms. The zero-order chi connectivity index (χ0) is 10.6. The zero-order valence-corrected chi connectivity index (χ0v) is 9.24. The smallest absolute Gasteiger partial charge is 0.123 e. The van der Waals surface area contributed by atoms with Gasteiger partial charge in [0.1, 0.15) is 5.75 Å². The highest BCUT2D eigenvalue weighted by molar-refractivity contribution is 5.35. The maximum Gasteiger partial charge on any atom is 0.123 e. The van der Waals surface area contributed by atoms with Gasteiger partial charge in [-0.25, -0.2) is 5.43 Å². The van der Waals surface area contributed by atoms with E-state index in [1.54, 1.807) is 7.11 Å². The second kappa shape index (κ2) is 4.98. The van der Waals surface area contributed by atoms with Crippen LogP contribution in [0.25, 0.3) is 0 Å². The average molecular weight is 194 g/mol. The van der Waals surface area contributed by atoms with Gasteiger partial charge in [0.2, 0.25) is 0 Å². The van der Waals surface area contributed by atoms with Crippen LogP contribution in [-0.2, 0) is 0 Å². The molecular formula is C11H18N2O. The Balaban J connectivity index is 2.82. The van der Waals surface area contributed by atoms with E-state index in [0.29, 0.717) is 0 Å². The van der Waals surface area contributed by atoms with Gasteiger partial charge in [0.15, 0.2) is 0 Å². The van der Waals surface area contributed by atoms with E-state index < -0.39 is 0 Å². The lowest BCUT2D eigenvalue weighted by Gasteiger charge is -2.21. The minimum absolute atomic E-state index is 0.251. The molecule has 78 valence electrons. The Morgan fingerprint density at radius 2 is 1.93 bits per heavy atom. The summed E-state index contributed by atoms with van der Waals surface area (Å²) >= 11 is 0. The molecule has 3 nitrogen and oxygen atoms in total. The molecule has 0 heterocycles. The van der Waals surface area contributed by atoms with Crippen LogP contribution in [0.1, 0.15) is 18.5 Å². The standard InChI is InChI=1S/C11H18N2O/c1-9(12-13(2)3)10-7-5-6-8-11(10)14-4/h5-9,12H,1-4H3. The van der Waals surface area contributed by atoms with Crippen molar-refractivity contribution < 1.29 is 4.74 Å². The molecule has 1 unspecified atom stereocenters. The largest absolute Gasteiger partial charge is 0.496 e. The van der Waals surface area contributed by atoms with Gasteiger partial charge in [0, 0.05) is 25.7 Å². The summed E-state index contributed by atoms with van der Waals surface area (Å²) in [5, 5.41) is 1.94. The molecule has 1 N–H and O–H groups in total. The SMILES string of the molecule is COc1ccccc1C(C)NN(C)C. The van der Waals surface area contributed by atoms with Crippen LogP contribution in [0.4, 0.5) is 0 Å². The Morgan fingerprint density at radius 3 is 2.50 bits per heavy atom. The first kappa shape index (κ1) is 11.0. The molecule has 1 atom stereocenters. The van der Waals surface area contributed by atoms with Gasteiger partial charge in [-0.15, -0.1) is 0 Å². The lowest BCUT2D eigenvalue weighted by atomic mass is 10.1. The van der Waals surface area contributed by atoms with Gasteiger partial charge in [0.05, 0.1) is 7.11 Å². The third kappa shape index (κ3) is 2.72. The van der Waals surface area contributed by atoms with Crippen molar-refractivity contribution in [3.05, 3.63) is 29.8 Å². The van der Waals surface area contributed by atoms with Crippen molar-refractivity contribution in [1.29, 1.82) is 0 Å². The Hall–Kier alpha value is -1.06. The number of benzene rings is 1. The molecule has 0 aromatic heterocycles. The number of nitrogens with zero attached hydrogens (tertiary/aromatic N) is 1. The van der Waals surface area contributed by atoms with Gasteiger partial charge in [-0.1, -0.05) is 18.2 Å². The predicted molar refractivity (Wildman–Crippen MR) is 58.2 cm³/mol. The molecular weight excluding hydrogens is 176 g/mol. The average Bonchev–Trinajstić information content (AvgIpc) is 2.16. The van der Waals surface area contributed by atoms with Gasteiger partial charge in [-0.3, -0.25) is 5.01 Å². The molecule has 1 aromatic rings. The van der Waals surface area contributed by atoms with Crippen LogP contribution in [0.3, 0.4) is 0 Å². The van der Waals surface area contributed by atoms with Crippen LogP contribution in [-0.4, -0.2) is 26.2 Å². The van der Waals surface area contributed by atoms with E-state index in [1.807, 2.05) is 37.3 Å².